The predicted octanol–water partition coefficient (Wildman–Crippen LogP) is 1.35. The van der Waals surface area contributed by atoms with Crippen LogP contribution in [0.2, 0.25) is 0 Å². The highest BCUT2D eigenvalue weighted by molar-refractivity contribution is 7.89. The van der Waals surface area contributed by atoms with Crippen LogP contribution in [0.4, 0.5) is 0 Å². The molecule has 1 saturated carbocycles. The molecule has 86 valence electrons. The smallest absolute Gasteiger partial charge is 0.212 e. The van der Waals surface area contributed by atoms with Gasteiger partial charge in [-0.1, -0.05) is 0 Å². The van der Waals surface area contributed by atoms with Crippen molar-refractivity contribution in [2.75, 3.05) is 12.8 Å². The molecule has 1 aliphatic carbocycles. The van der Waals surface area contributed by atoms with Gasteiger partial charge in [-0.2, -0.15) is 5.26 Å². The number of sulfonamides is 1. The van der Waals surface area contributed by atoms with Crippen molar-refractivity contribution in [3.8, 4) is 6.07 Å². The normalized spacial score (nSPS) is 27.6. The maximum Gasteiger partial charge on any atom is 0.213 e. The van der Waals surface area contributed by atoms with Gasteiger partial charge in [0, 0.05) is 19.0 Å². The van der Waals surface area contributed by atoms with Crippen LogP contribution in [0.1, 0.15) is 32.6 Å². The second-order valence-electron chi connectivity index (χ2n) is 4.05. The van der Waals surface area contributed by atoms with Crippen molar-refractivity contribution in [1.82, 2.24) is 4.31 Å². The summed E-state index contributed by atoms with van der Waals surface area (Å²) in [4.78, 5) is 0. The largest absolute Gasteiger partial charge is 0.213 e. The van der Waals surface area contributed by atoms with Crippen molar-refractivity contribution in [3.05, 3.63) is 0 Å². The van der Waals surface area contributed by atoms with Gasteiger partial charge in [-0.15, -0.1) is 0 Å². The third-order valence-electron chi connectivity index (χ3n) is 3.20. The van der Waals surface area contributed by atoms with E-state index in [1.807, 2.05) is 0 Å². The molecule has 0 unspecified atom stereocenters. The van der Waals surface area contributed by atoms with Gasteiger partial charge in [-0.25, -0.2) is 12.7 Å². The zero-order chi connectivity index (χ0) is 11.5. The van der Waals surface area contributed by atoms with Crippen LogP contribution in [-0.4, -0.2) is 31.6 Å². The molecule has 4 nitrogen and oxygen atoms in total. The number of hydrogen-bond acceptors (Lipinski definition) is 3. The lowest BCUT2D eigenvalue weighted by Crippen LogP contribution is -2.40. The fourth-order valence-electron chi connectivity index (χ4n) is 2.00. The zero-order valence-electron chi connectivity index (χ0n) is 9.31. The SMILES string of the molecule is CCS(=O)(=O)N(C)C1CCC(C#N)CC1. The molecule has 0 radical (unpaired) electrons. The maximum absolute atomic E-state index is 11.6. The fourth-order valence-corrected chi connectivity index (χ4v) is 3.07. The quantitative estimate of drug-likeness (QED) is 0.735. The molecule has 0 saturated heterocycles. The van der Waals surface area contributed by atoms with Gasteiger partial charge < -0.3 is 0 Å². The summed E-state index contributed by atoms with van der Waals surface area (Å²) in [5, 5.41) is 8.74. The summed E-state index contributed by atoms with van der Waals surface area (Å²) in [6, 6.07) is 2.34. The molecule has 0 aromatic rings. The highest BCUT2D eigenvalue weighted by Gasteiger charge is 2.29. The summed E-state index contributed by atoms with van der Waals surface area (Å²) in [7, 11) is -1.42. The van der Waals surface area contributed by atoms with Gasteiger partial charge in [0.1, 0.15) is 0 Å². The highest BCUT2D eigenvalue weighted by atomic mass is 32.2. The van der Waals surface area contributed by atoms with E-state index in [1.54, 1.807) is 14.0 Å². The first kappa shape index (κ1) is 12.5. The third-order valence-corrected chi connectivity index (χ3v) is 5.10. The Kier molecular flexibility index (Phi) is 4.12. The summed E-state index contributed by atoms with van der Waals surface area (Å²) in [6.45, 7) is 1.66. The lowest BCUT2D eigenvalue weighted by molar-refractivity contribution is 0.261. The molecule has 1 fully saturated rings. The third kappa shape index (κ3) is 2.93. The Morgan fingerprint density at radius 3 is 2.27 bits per heavy atom. The summed E-state index contributed by atoms with van der Waals surface area (Å²) >= 11 is 0. The molecular formula is C10H18N2O2S. The molecule has 15 heavy (non-hydrogen) atoms. The fraction of sp³-hybridized carbons (Fsp3) is 0.900. The van der Waals surface area contributed by atoms with E-state index in [1.165, 1.54) is 4.31 Å². The molecule has 0 aromatic carbocycles. The van der Waals surface area contributed by atoms with Gasteiger partial charge in [0.25, 0.3) is 0 Å². The Balaban J connectivity index is 2.58. The van der Waals surface area contributed by atoms with Crippen molar-refractivity contribution in [1.29, 1.82) is 5.26 Å². The first-order valence-corrected chi connectivity index (χ1v) is 6.97. The van der Waals surface area contributed by atoms with Crippen LogP contribution < -0.4 is 0 Å². The van der Waals surface area contributed by atoms with Crippen LogP contribution in [0.5, 0.6) is 0 Å². The number of nitriles is 1. The highest BCUT2D eigenvalue weighted by Crippen LogP contribution is 2.27. The van der Waals surface area contributed by atoms with Gasteiger partial charge in [0.05, 0.1) is 11.8 Å². The summed E-state index contributed by atoms with van der Waals surface area (Å²) in [5.41, 5.74) is 0. The van der Waals surface area contributed by atoms with Gasteiger partial charge in [-0.05, 0) is 32.6 Å². The summed E-state index contributed by atoms with van der Waals surface area (Å²) in [5.74, 6) is 0.278. The van der Waals surface area contributed by atoms with Crippen LogP contribution in [0.3, 0.4) is 0 Å². The molecule has 0 N–H and O–H groups in total. The first-order valence-electron chi connectivity index (χ1n) is 5.36. The second kappa shape index (κ2) is 4.95. The number of nitrogens with zero attached hydrogens (tertiary/aromatic N) is 2. The van der Waals surface area contributed by atoms with E-state index in [9.17, 15) is 8.42 Å². The van der Waals surface area contributed by atoms with Crippen LogP contribution in [0, 0.1) is 17.2 Å². The van der Waals surface area contributed by atoms with Crippen molar-refractivity contribution < 1.29 is 8.42 Å². The van der Waals surface area contributed by atoms with Gasteiger partial charge in [0.15, 0.2) is 0 Å². The minimum atomic E-state index is -3.07. The van der Waals surface area contributed by atoms with Crippen molar-refractivity contribution in [3.63, 3.8) is 0 Å². The van der Waals surface area contributed by atoms with E-state index in [2.05, 4.69) is 6.07 Å². The van der Waals surface area contributed by atoms with E-state index in [0.717, 1.165) is 25.7 Å². The Labute approximate surface area is 91.9 Å². The minimum absolute atomic E-state index is 0.0968. The average molecular weight is 230 g/mol. The van der Waals surface area contributed by atoms with Gasteiger partial charge >= 0.3 is 0 Å². The Morgan fingerprint density at radius 2 is 1.87 bits per heavy atom. The molecule has 0 spiro atoms. The van der Waals surface area contributed by atoms with E-state index in [4.69, 9.17) is 5.26 Å². The number of rotatable bonds is 3. The molecule has 5 heteroatoms. The standard InChI is InChI=1S/C10H18N2O2S/c1-3-15(13,14)12(2)10-6-4-9(8-11)5-7-10/h9-10H,3-7H2,1-2H3. The first-order chi connectivity index (χ1) is 7.01. The average Bonchev–Trinajstić information content (AvgIpc) is 2.28. The molecule has 0 heterocycles. The van der Waals surface area contributed by atoms with E-state index >= 15 is 0 Å². The van der Waals surface area contributed by atoms with Gasteiger partial charge in [-0.3, -0.25) is 0 Å². The number of hydrogen-bond donors (Lipinski definition) is 0. The molecule has 1 rings (SSSR count). The molecule has 0 aliphatic heterocycles. The Hall–Kier alpha value is -0.600. The second-order valence-corrected chi connectivity index (χ2v) is 6.37. The van der Waals surface area contributed by atoms with E-state index in [0.29, 0.717) is 0 Å². The maximum atomic E-state index is 11.6. The Morgan fingerprint density at radius 1 is 1.33 bits per heavy atom. The Bertz CT molecular complexity index is 337. The van der Waals surface area contributed by atoms with E-state index in [-0.39, 0.29) is 17.7 Å². The monoisotopic (exact) mass is 230 g/mol. The van der Waals surface area contributed by atoms with Crippen molar-refractivity contribution in [2.45, 2.75) is 38.6 Å². The predicted molar refractivity (Wildman–Crippen MR) is 58.6 cm³/mol. The van der Waals surface area contributed by atoms with Crippen LogP contribution >= 0.6 is 0 Å². The van der Waals surface area contributed by atoms with Crippen LogP contribution in [0.15, 0.2) is 0 Å². The van der Waals surface area contributed by atoms with Crippen LogP contribution in [-0.2, 0) is 10.0 Å². The molecule has 0 atom stereocenters. The molecule has 1 aliphatic rings. The van der Waals surface area contributed by atoms with E-state index < -0.39 is 10.0 Å². The van der Waals surface area contributed by atoms with Crippen molar-refractivity contribution >= 4 is 10.0 Å². The lowest BCUT2D eigenvalue weighted by atomic mass is 9.87. The molecule has 0 bridgehead atoms. The molecular weight excluding hydrogens is 212 g/mol. The zero-order valence-corrected chi connectivity index (χ0v) is 10.1. The topological polar surface area (TPSA) is 61.2 Å². The van der Waals surface area contributed by atoms with Crippen LogP contribution in [0.25, 0.3) is 0 Å². The minimum Gasteiger partial charge on any atom is -0.212 e. The lowest BCUT2D eigenvalue weighted by Gasteiger charge is -2.31. The van der Waals surface area contributed by atoms with Gasteiger partial charge in [0.2, 0.25) is 10.0 Å². The summed E-state index contributed by atoms with van der Waals surface area (Å²) < 4.78 is 24.7. The summed E-state index contributed by atoms with van der Waals surface area (Å²) in [6.07, 6.45) is 3.28. The molecule has 0 aromatic heterocycles. The molecule has 0 amide bonds. The van der Waals surface area contributed by atoms with Crippen molar-refractivity contribution in [2.24, 2.45) is 5.92 Å².